The summed E-state index contributed by atoms with van der Waals surface area (Å²) in [4.78, 5) is 0. The summed E-state index contributed by atoms with van der Waals surface area (Å²) in [5.41, 5.74) is 3.34. The van der Waals surface area contributed by atoms with Crippen molar-refractivity contribution in [2.75, 3.05) is 12.4 Å². The summed E-state index contributed by atoms with van der Waals surface area (Å²) in [7, 11) is 1.68. The molecule has 3 nitrogen and oxygen atoms in total. The van der Waals surface area contributed by atoms with E-state index in [0.29, 0.717) is 6.10 Å². The summed E-state index contributed by atoms with van der Waals surface area (Å²) >= 11 is 0. The van der Waals surface area contributed by atoms with E-state index in [1.54, 1.807) is 7.11 Å². The maximum Gasteiger partial charge on any atom is 0.163 e. The van der Waals surface area contributed by atoms with Crippen LogP contribution >= 0.6 is 0 Å². The van der Waals surface area contributed by atoms with E-state index in [1.807, 2.05) is 18.2 Å². The lowest BCUT2D eigenvalue weighted by atomic mass is 10.2. The van der Waals surface area contributed by atoms with Gasteiger partial charge in [0.15, 0.2) is 11.5 Å². The fraction of sp³-hybridized carbons (Fsp3) is 0.368. The average molecular weight is 297 g/mol. The number of rotatable bonds is 5. The highest BCUT2D eigenvalue weighted by molar-refractivity contribution is 5.63. The van der Waals surface area contributed by atoms with Gasteiger partial charge < -0.3 is 14.8 Å². The molecule has 0 unspecified atom stereocenters. The molecule has 116 valence electrons. The third-order valence-electron chi connectivity index (χ3n) is 4.10. The molecule has 2 aromatic carbocycles. The molecule has 0 aromatic heterocycles. The van der Waals surface area contributed by atoms with Gasteiger partial charge in [0.2, 0.25) is 0 Å². The minimum absolute atomic E-state index is 0.323. The number of ether oxygens (including phenoxy) is 2. The van der Waals surface area contributed by atoms with Crippen LogP contribution in [-0.4, -0.2) is 13.2 Å². The molecule has 3 rings (SSSR count). The highest BCUT2D eigenvalue weighted by Crippen LogP contribution is 2.34. The Morgan fingerprint density at radius 2 is 1.59 bits per heavy atom. The highest BCUT2D eigenvalue weighted by atomic mass is 16.5. The normalized spacial score (nSPS) is 14.8. The van der Waals surface area contributed by atoms with Crippen molar-refractivity contribution in [2.24, 2.45) is 0 Å². The van der Waals surface area contributed by atoms with E-state index in [9.17, 15) is 0 Å². The van der Waals surface area contributed by atoms with Gasteiger partial charge in [0.1, 0.15) is 0 Å². The zero-order valence-electron chi connectivity index (χ0n) is 13.3. The number of aryl methyl sites for hydroxylation is 1. The van der Waals surface area contributed by atoms with Crippen LogP contribution in [0.5, 0.6) is 11.5 Å². The number of anilines is 2. The van der Waals surface area contributed by atoms with Crippen molar-refractivity contribution in [3.05, 3.63) is 48.0 Å². The van der Waals surface area contributed by atoms with Crippen LogP contribution in [0.2, 0.25) is 0 Å². The van der Waals surface area contributed by atoms with E-state index in [2.05, 4.69) is 36.5 Å². The van der Waals surface area contributed by atoms with Gasteiger partial charge in [-0.2, -0.15) is 0 Å². The molecular formula is C19H23NO2. The molecule has 0 atom stereocenters. The Hall–Kier alpha value is -2.16. The molecule has 1 aliphatic carbocycles. The molecule has 22 heavy (non-hydrogen) atoms. The molecule has 2 aromatic rings. The lowest BCUT2D eigenvalue weighted by molar-refractivity contribution is 0.201. The molecule has 1 aliphatic rings. The second-order valence-electron chi connectivity index (χ2n) is 5.88. The van der Waals surface area contributed by atoms with Crippen molar-refractivity contribution < 1.29 is 9.47 Å². The van der Waals surface area contributed by atoms with Gasteiger partial charge in [-0.15, -0.1) is 0 Å². The molecule has 0 amide bonds. The Morgan fingerprint density at radius 3 is 2.27 bits per heavy atom. The summed E-state index contributed by atoms with van der Waals surface area (Å²) in [6, 6.07) is 14.4. The van der Waals surface area contributed by atoms with Gasteiger partial charge in [0.05, 0.1) is 13.2 Å². The van der Waals surface area contributed by atoms with E-state index in [0.717, 1.165) is 35.7 Å². The first-order valence-electron chi connectivity index (χ1n) is 7.93. The molecule has 0 aliphatic heterocycles. The Bertz CT molecular complexity index is 616. The summed E-state index contributed by atoms with van der Waals surface area (Å²) in [6.45, 7) is 2.09. The molecule has 0 heterocycles. The van der Waals surface area contributed by atoms with Crippen molar-refractivity contribution in [1.29, 1.82) is 0 Å². The van der Waals surface area contributed by atoms with Gasteiger partial charge in [-0.1, -0.05) is 17.7 Å². The maximum absolute atomic E-state index is 6.13. The average Bonchev–Trinajstić information content (AvgIpc) is 3.03. The first-order chi connectivity index (χ1) is 10.7. The number of hydrogen-bond donors (Lipinski definition) is 1. The van der Waals surface area contributed by atoms with Gasteiger partial charge >= 0.3 is 0 Å². The van der Waals surface area contributed by atoms with E-state index in [4.69, 9.17) is 9.47 Å². The summed E-state index contributed by atoms with van der Waals surface area (Å²) in [6.07, 6.45) is 5.11. The molecule has 0 saturated heterocycles. The molecule has 1 N–H and O–H groups in total. The largest absolute Gasteiger partial charge is 0.493 e. The molecular weight excluding hydrogens is 274 g/mol. The minimum Gasteiger partial charge on any atom is -0.493 e. The van der Waals surface area contributed by atoms with E-state index < -0.39 is 0 Å². The number of benzene rings is 2. The Labute approximate surface area is 132 Å². The second kappa shape index (κ2) is 6.73. The predicted molar refractivity (Wildman–Crippen MR) is 90.3 cm³/mol. The van der Waals surface area contributed by atoms with Crippen LogP contribution in [0.15, 0.2) is 42.5 Å². The fourth-order valence-electron chi connectivity index (χ4n) is 2.84. The van der Waals surface area contributed by atoms with Crippen LogP contribution < -0.4 is 14.8 Å². The third-order valence-corrected chi connectivity index (χ3v) is 4.10. The van der Waals surface area contributed by atoms with Gasteiger partial charge in [0.25, 0.3) is 0 Å². The predicted octanol–water partition coefficient (Wildman–Crippen LogP) is 5.07. The van der Waals surface area contributed by atoms with Crippen LogP contribution in [-0.2, 0) is 0 Å². The van der Waals surface area contributed by atoms with Crippen LogP contribution in [0, 0.1) is 6.92 Å². The monoisotopic (exact) mass is 297 g/mol. The third kappa shape index (κ3) is 3.53. The smallest absolute Gasteiger partial charge is 0.163 e. The number of hydrogen-bond acceptors (Lipinski definition) is 3. The lowest BCUT2D eigenvalue weighted by Crippen LogP contribution is -2.11. The summed E-state index contributed by atoms with van der Waals surface area (Å²) < 4.78 is 11.6. The van der Waals surface area contributed by atoms with Crippen LogP contribution in [0.1, 0.15) is 31.2 Å². The zero-order valence-corrected chi connectivity index (χ0v) is 13.3. The summed E-state index contributed by atoms with van der Waals surface area (Å²) in [5.74, 6) is 1.62. The van der Waals surface area contributed by atoms with Gasteiger partial charge in [-0.05, 0) is 56.9 Å². The Kier molecular flexibility index (Phi) is 4.52. The molecule has 0 spiro atoms. The number of nitrogens with one attached hydrogen (secondary N) is 1. The molecule has 1 fully saturated rings. The quantitative estimate of drug-likeness (QED) is 0.836. The van der Waals surface area contributed by atoms with E-state index >= 15 is 0 Å². The van der Waals surface area contributed by atoms with E-state index in [-0.39, 0.29) is 0 Å². The van der Waals surface area contributed by atoms with Crippen molar-refractivity contribution >= 4 is 11.4 Å². The van der Waals surface area contributed by atoms with Crippen molar-refractivity contribution in [2.45, 2.75) is 38.7 Å². The summed E-state index contributed by atoms with van der Waals surface area (Å²) in [5, 5.41) is 3.41. The zero-order chi connectivity index (χ0) is 15.4. The highest BCUT2D eigenvalue weighted by Gasteiger charge is 2.18. The lowest BCUT2D eigenvalue weighted by Gasteiger charge is -2.17. The Morgan fingerprint density at radius 1 is 0.909 bits per heavy atom. The molecule has 0 bridgehead atoms. The van der Waals surface area contributed by atoms with Crippen molar-refractivity contribution in [3.63, 3.8) is 0 Å². The van der Waals surface area contributed by atoms with Crippen molar-refractivity contribution in [3.8, 4) is 11.5 Å². The van der Waals surface area contributed by atoms with Gasteiger partial charge in [0, 0.05) is 17.4 Å². The Balaban J connectivity index is 1.78. The van der Waals surface area contributed by atoms with Gasteiger partial charge in [-0.3, -0.25) is 0 Å². The molecule has 3 heteroatoms. The number of methoxy groups -OCH3 is 1. The molecule has 1 saturated carbocycles. The second-order valence-corrected chi connectivity index (χ2v) is 5.88. The van der Waals surface area contributed by atoms with Crippen molar-refractivity contribution in [1.82, 2.24) is 0 Å². The maximum atomic E-state index is 6.13. The van der Waals surface area contributed by atoms with Crippen LogP contribution in [0.4, 0.5) is 11.4 Å². The first kappa shape index (κ1) is 14.8. The molecule has 0 radical (unpaired) electrons. The first-order valence-corrected chi connectivity index (χ1v) is 7.93. The van der Waals surface area contributed by atoms with Crippen LogP contribution in [0.25, 0.3) is 0 Å². The van der Waals surface area contributed by atoms with Gasteiger partial charge in [-0.25, -0.2) is 0 Å². The minimum atomic E-state index is 0.323. The standard InChI is InChI=1S/C19H23NO2/c1-14-7-9-15(10-8-14)20-16-11-12-18(21-2)19(13-16)22-17-5-3-4-6-17/h7-13,17,20H,3-6H2,1-2H3. The topological polar surface area (TPSA) is 30.5 Å². The SMILES string of the molecule is COc1ccc(Nc2ccc(C)cc2)cc1OC1CCCC1. The fourth-order valence-corrected chi connectivity index (χ4v) is 2.84. The van der Waals surface area contributed by atoms with E-state index in [1.165, 1.54) is 18.4 Å². The van der Waals surface area contributed by atoms with Crippen LogP contribution in [0.3, 0.4) is 0 Å².